The van der Waals surface area contributed by atoms with E-state index in [1.54, 1.807) is 6.92 Å². The van der Waals surface area contributed by atoms with Crippen LogP contribution in [0.25, 0.3) is 0 Å². The number of hydrogen-bond donors (Lipinski definition) is 3. The van der Waals surface area contributed by atoms with E-state index in [9.17, 15) is 8.78 Å². The zero-order chi connectivity index (χ0) is 13.0. The van der Waals surface area contributed by atoms with Crippen molar-refractivity contribution in [2.45, 2.75) is 6.92 Å². The molecule has 4 nitrogen and oxygen atoms in total. The highest BCUT2D eigenvalue weighted by Crippen LogP contribution is 2.24. The summed E-state index contributed by atoms with van der Waals surface area (Å²) in [4.78, 5) is 1.38. The Kier molecular flexibility index (Phi) is 4.39. The average Bonchev–Trinajstić information content (AvgIpc) is 2.26. The van der Waals surface area contributed by atoms with Crippen LogP contribution in [-0.2, 0) is 0 Å². The average molecular weight is 243 g/mol. The summed E-state index contributed by atoms with van der Waals surface area (Å²) in [6.45, 7) is 2.05. The molecule has 0 heterocycles. The van der Waals surface area contributed by atoms with E-state index < -0.39 is 11.6 Å². The Balaban J connectivity index is 3.20. The van der Waals surface area contributed by atoms with E-state index in [1.807, 2.05) is 0 Å². The van der Waals surface area contributed by atoms with E-state index in [0.717, 1.165) is 12.1 Å². The van der Waals surface area contributed by atoms with Crippen LogP contribution < -0.4 is 10.6 Å². The maximum Gasteiger partial charge on any atom is 0.150 e. The zero-order valence-electron chi connectivity index (χ0n) is 9.50. The van der Waals surface area contributed by atoms with Crippen LogP contribution in [0.3, 0.4) is 0 Å². The second-order valence-corrected chi connectivity index (χ2v) is 3.51. The number of nitrogens with zero attached hydrogens (tertiary/aromatic N) is 1. The highest BCUT2D eigenvalue weighted by molar-refractivity contribution is 5.95. The molecule has 0 bridgehead atoms. The van der Waals surface area contributed by atoms with Gasteiger partial charge in [-0.3, -0.25) is 5.41 Å². The van der Waals surface area contributed by atoms with Crippen molar-refractivity contribution in [3.8, 4) is 0 Å². The van der Waals surface area contributed by atoms with Crippen LogP contribution in [0, 0.1) is 17.0 Å². The second-order valence-electron chi connectivity index (χ2n) is 3.51. The number of likely N-dealkylation sites (N-methyl/N-ethyl adjacent to an activating group) is 1. The molecule has 0 saturated heterocycles. The Morgan fingerprint density at radius 1 is 1.41 bits per heavy atom. The molecule has 0 amide bonds. The third kappa shape index (κ3) is 2.91. The Hall–Kier alpha value is -1.69. The topological polar surface area (TPSA) is 73.3 Å². The van der Waals surface area contributed by atoms with Gasteiger partial charge in [0.25, 0.3) is 0 Å². The van der Waals surface area contributed by atoms with Crippen molar-refractivity contribution in [3.05, 3.63) is 29.3 Å². The summed E-state index contributed by atoms with van der Waals surface area (Å²) in [5, 5.41) is 15.9. The summed E-state index contributed by atoms with van der Waals surface area (Å²) in [7, 11) is 0. The molecular formula is C11H15F2N3O. The van der Waals surface area contributed by atoms with Crippen molar-refractivity contribution in [1.82, 2.24) is 0 Å². The molecule has 1 aromatic rings. The number of aliphatic hydroxyl groups is 1. The molecule has 6 heteroatoms. The number of nitrogens with two attached hydrogens (primary N) is 1. The van der Waals surface area contributed by atoms with Crippen LogP contribution in [0.1, 0.15) is 12.5 Å². The standard InChI is InChI=1S/C11H15F2N3O/c1-2-16(3-4-17)10-8(12)5-7(11(14)15)6-9(10)13/h5-6,17H,2-4H2,1H3,(H3,14,15). The van der Waals surface area contributed by atoms with E-state index in [2.05, 4.69) is 0 Å². The van der Waals surface area contributed by atoms with Crippen molar-refractivity contribution >= 4 is 11.5 Å². The highest BCUT2D eigenvalue weighted by Gasteiger charge is 2.17. The molecule has 0 aliphatic rings. The van der Waals surface area contributed by atoms with Gasteiger partial charge in [-0.15, -0.1) is 0 Å². The Morgan fingerprint density at radius 3 is 2.29 bits per heavy atom. The van der Waals surface area contributed by atoms with Gasteiger partial charge >= 0.3 is 0 Å². The van der Waals surface area contributed by atoms with Gasteiger partial charge in [0.2, 0.25) is 0 Å². The van der Waals surface area contributed by atoms with Crippen molar-refractivity contribution in [1.29, 1.82) is 5.41 Å². The molecule has 0 aliphatic heterocycles. The van der Waals surface area contributed by atoms with Gasteiger partial charge in [0, 0.05) is 18.7 Å². The van der Waals surface area contributed by atoms with Gasteiger partial charge in [-0.1, -0.05) is 0 Å². The number of amidine groups is 1. The normalized spacial score (nSPS) is 10.4. The van der Waals surface area contributed by atoms with E-state index in [4.69, 9.17) is 16.2 Å². The van der Waals surface area contributed by atoms with Crippen molar-refractivity contribution < 1.29 is 13.9 Å². The van der Waals surface area contributed by atoms with E-state index in [-0.39, 0.29) is 30.2 Å². The number of halogens is 2. The maximum absolute atomic E-state index is 13.7. The fraction of sp³-hybridized carbons (Fsp3) is 0.364. The smallest absolute Gasteiger partial charge is 0.150 e. The third-order valence-electron chi connectivity index (χ3n) is 2.40. The summed E-state index contributed by atoms with van der Waals surface area (Å²) >= 11 is 0. The molecule has 0 unspecified atom stereocenters. The molecule has 0 spiro atoms. The van der Waals surface area contributed by atoms with Gasteiger partial charge in [0.15, 0.2) is 0 Å². The fourth-order valence-corrected chi connectivity index (χ4v) is 1.57. The zero-order valence-corrected chi connectivity index (χ0v) is 9.50. The van der Waals surface area contributed by atoms with Crippen molar-refractivity contribution in [2.24, 2.45) is 5.73 Å². The van der Waals surface area contributed by atoms with Crippen LogP contribution in [0.15, 0.2) is 12.1 Å². The van der Waals surface area contributed by atoms with Gasteiger partial charge in [-0.25, -0.2) is 8.78 Å². The minimum absolute atomic E-state index is 0.00352. The van der Waals surface area contributed by atoms with Gasteiger partial charge in [-0.05, 0) is 19.1 Å². The Labute approximate surface area is 98.2 Å². The number of benzene rings is 1. The monoisotopic (exact) mass is 243 g/mol. The third-order valence-corrected chi connectivity index (χ3v) is 2.40. The molecule has 0 radical (unpaired) electrons. The first-order valence-corrected chi connectivity index (χ1v) is 5.20. The minimum Gasteiger partial charge on any atom is -0.395 e. The number of rotatable bonds is 5. The first-order chi connectivity index (χ1) is 8.01. The lowest BCUT2D eigenvalue weighted by Gasteiger charge is -2.23. The van der Waals surface area contributed by atoms with Gasteiger partial charge in [0.05, 0.1) is 6.61 Å². The predicted molar refractivity (Wildman–Crippen MR) is 62.3 cm³/mol. The largest absolute Gasteiger partial charge is 0.395 e. The Morgan fingerprint density at radius 2 is 1.94 bits per heavy atom. The number of nitrogens with one attached hydrogen (secondary N) is 1. The molecule has 0 saturated carbocycles. The van der Waals surface area contributed by atoms with E-state index >= 15 is 0 Å². The summed E-state index contributed by atoms with van der Waals surface area (Å²) < 4.78 is 27.4. The molecule has 0 atom stereocenters. The molecule has 4 N–H and O–H groups in total. The first-order valence-electron chi connectivity index (χ1n) is 5.20. The van der Waals surface area contributed by atoms with Gasteiger partial charge in [-0.2, -0.15) is 0 Å². The van der Waals surface area contributed by atoms with Crippen LogP contribution in [0.5, 0.6) is 0 Å². The molecular weight excluding hydrogens is 228 g/mol. The molecule has 0 aliphatic carbocycles. The van der Waals surface area contributed by atoms with Crippen LogP contribution >= 0.6 is 0 Å². The first kappa shape index (κ1) is 13.4. The molecule has 0 fully saturated rings. The number of aliphatic hydroxyl groups excluding tert-OH is 1. The number of hydrogen-bond acceptors (Lipinski definition) is 3. The summed E-state index contributed by atoms with van der Waals surface area (Å²) in [6.07, 6.45) is 0. The van der Waals surface area contributed by atoms with Crippen molar-refractivity contribution in [2.75, 3.05) is 24.6 Å². The summed E-state index contributed by atoms with van der Waals surface area (Å²) in [5.41, 5.74) is 4.97. The van der Waals surface area contributed by atoms with E-state index in [0.29, 0.717) is 6.54 Å². The fourth-order valence-electron chi connectivity index (χ4n) is 1.57. The maximum atomic E-state index is 13.7. The summed E-state index contributed by atoms with van der Waals surface area (Å²) in [5.74, 6) is -1.96. The molecule has 94 valence electrons. The lowest BCUT2D eigenvalue weighted by Crippen LogP contribution is -2.28. The molecule has 1 aromatic carbocycles. The number of nitrogen functional groups attached to an aromatic ring is 1. The second kappa shape index (κ2) is 5.58. The number of anilines is 1. The minimum atomic E-state index is -0.787. The molecule has 1 rings (SSSR count). The summed E-state index contributed by atoms with van der Waals surface area (Å²) in [6, 6.07) is 2.03. The SMILES string of the molecule is CCN(CCO)c1c(F)cc(C(=N)N)cc1F. The molecule has 0 aromatic heterocycles. The lowest BCUT2D eigenvalue weighted by molar-refractivity contribution is 0.301. The van der Waals surface area contributed by atoms with Gasteiger partial charge < -0.3 is 15.7 Å². The lowest BCUT2D eigenvalue weighted by atomic mass is 10.1. The van der Waals surface area contributed by atoms with Crippen molar-refractivity contribution in [3.63, 3.8) is 0 Å². The van der Waals surface area contributed by atoms with Crippen LogP contribution in [0.4, 0.5) is 14.5 Å². The van der Waals surface area contributed by atoms with Gasteiger partial charge in [0.1, 0.15) is 23.2 Å². The van der Waals surface area contributed by atoms with Crippen LogP contribution in [0.2, 0.25) is 0 Å². The predicted octanol–water partition coefficient (Wildman–Crippen LogP) is 1.07. The quantitative estimate of drug-likeness (QED) is 0.535. The highest BCUT2D eigenvalue weighted by atomic mass is 19.1. The molecule has 17 heavy (non-hydrogen) atoms. The van der Waals surface area contributed by atoms with Crippen LogP contribution in [-0.4, -0.2) is 30.6 Å². The Bertz CT molecular complexity index is 400. The van der Waals surface area contributed by atoms with E-state index in [1.165, 1.54) is 4.90 Å².